The van der Waals surface area contributed by atoms with Gasteiger partial charge in [-0.15, -0.1) is 0 Å². The molecule has 3 rings (SSSR count). The largest absolute Gasteiger partial charge is 0.309 e. The van der Waals surface area contributed by atoms with E-state index in [1.807, 2.05) is 0 Å². The predicted molar refractivity (Wildman–Crippen MR) is 84.6 cm³/mol. The predicted octanol–water partition coefficient (Wildman–Crippen LogP) is 3.29. The topological polar surface area (TPSA) is 15.3 Å². The minimum atomic E-state index is 0.702. The molecule has 1 saturated carbocycles. The first-order valence-electron chi connectivity index (χ1n) is 8.25. The van der Waals surface area contributed by atoms with E-state index in [4.69, 9.17) is 0 Å². The third kappa shape index (κ3) is 3.07. The van der Waals surface area contributed by atoms with Gasteiger partial charge in [0.2, 0.25) is 0 Å². The Labute approximate surface area is 123 Å². The van der Waals surface area contributed by atoms with Crippen LogP contribution in [0, 0.1) is 11.8 Å². The Balaban J connectivity index is 1.62. The average Bonchev–Trinajstić information content (AvgIpc) is 2.45. The second kappa shape index (κ2) is 6.28. The quantitative estimate of drug-likeness (QED) is 0.905. The normalized spacial score (nSPS) is 30.6. The maximum Gasteiger partial charge on any atom is 0.0208 e. The molecule has 1 aliphatic heterocycles. The molecule has 1 N–H and O–H groups in total. The Morgan fingerprint density at radius 1 is 1.10 bits per heavy atom. The van der Waals surface area contributed by atoms with Crippen molar-refractivity contribution in [3.8, 4) is 0 Å². The van der Waals surface area contributed by atoms with Crippen molar-refractivity contribution in [3.05, 3.63) is 35.9 Å². The van der Waals surface area contributed by atoms with Crippen LogP contribution in [0.1, 0.15) is 38.7 Å². The highest BCUT2D eigenvalue weighted by atomic mass is 15.2. The van der Waals surface area contributed by atoms with Crippen molar-refractivity contribution in [1.29, 1.82) is 0 Å². The zero-order chi connectivity index (χ0) is 13.9. The molecule has 0 amide bonds. The number of nitrogens with zero attached hydrogens (tertiary/aromatic N) is 1. The molecule has 2 fully saturated rings. The van der Waals surface area contributed by atoms with Crippen molar-refractivity contribution >= 4 is 0 Å². The van der Waals surface area contributed by atoms with Crippen LogP contribution >= 0.6 is 0 Å². The third-order valence-electron chi connectivity index (χ3n) is 5.22. The van der Waals surface area contributed by atoms with Gasteiger partial charge in [-0.1, -0.05) is 36.8 Å². The van der Waals surface area contributed by atoms with Gasteiger partial charge < -0.3 is 10.2 Å². The fourth-order valence-electron chi connectivity index (χ4n) is 4.06. The number of hydrogen-bond acceptors (Lipinski definition) is 2. The minimum Gasteiger partial charge on any atom is -0.309 e. The van der Waals surface area contributed by atoms with E-state index in [-0.39, 0.29) is 0 Å². The number of likely N-dealkylation sites (tertiary alicyclic amines) is 1. The SMILES string of the molecule is CC(C)N1CC2CCCC(C1)C2NCc1ccccc1. The molecular weight excluding hydrogens is 244 g/mol. The molecule has 1 aliphatic carbocycles. The summed E-state index contributed by atoms with van der Waals surface area (Å²) in [6.07, 6.45) is 4.25. The van der Waals surface area contributed by atoms with Crippen molar-refractivity contribution in [1.82, 2.24) is 10.2 Å². The van der Waals surface area contributed by atoms with Crippen LogP contribution < -0.4 is 5.32 Å². The van der Waals surface area contributed by atoms with Crippen LogP contribution in [0.5, 0.6) is 0 Å². The summed E-state index contributed by atoms with van der Waals surface area (Å²) in [4.78, 5) is 2.69. The lowest BCUT2D eigenvalue weighted by Gasteiger charge is -2.49. The third-order valence-corrected chi connectivity index (χ3v) is 5.22. The lowest BCUT2D eigenvalue weighted by Crippen LogP contribution is -2.58. The molecule has 2 atom stereocenters. The standard InChI is InChI=1S/C18H28N2/c1-14(2)20-12-16-9-6-10-17(13-20)18(16)19-11-15-7-4-3-5-8-15/h3-5,7-8,14,16-19H,6,9-13H2,1-2H3. The molecule has 110 valence electrons. The summed E-state index contributed by atoms with van der Waals surface area (Å²) in [5.41, 5.74) is 1.41. The fraction of sp³-hybridized carbons (Fsp3) is 0.667. The average molecular weight is 272 g/mol. The molecule has 0 radical (unpaired) electrons. The molecule has 1 aromatic rings. The van der Waals surface area contributed by atoms with Gasteiger partial charge in [-0.2, -0.15) is 0 Å². The molecule has 2 heteroatoms. The number of hydrogen-bond donors (Lipinski definition) is 1. The van der Waals surface area contributed by atoms with Gasteiger partial charge in [0.1, 0.15) is 0 Å². The van der Waals surface area contributed by atoms with Crippen LogP contribution in [0.15, 0.2) is 30.3 Å². The van der Waals surface area contributed by atoms with Gasteiger partial charge in [0.15, 0.2) is 0 Å². The van der Waals surface area contributed by atoms with E-state index >= 15 is 0 Å². The Morgan fingerprint density at radius 2 is 1.75 bits per heavy atom. The highest BCUT2D eigenvalue weighted by Crippen LogP contribution is 2.35. The van der Waals surface area contributed by atoms with Gasteiger partial charge >= 0.3 is 0 Å². The molecule has 0 spiro atoms. The first kappa shape index (κ1) is 14.1. The highest BCUT2D eigenvalue weighted by Gasteiger charge is 2.39. The molecule has 2 nitrogen and oxygen atoms in total. The first-order valence-corrected chi connectivity index (χ1v) is 8.25. The van der Waals surface area contributed by atoms with Gasteiger partial charge in [0.25, 0.3) is 0 Å². The van der Waals surface area contributed by atoms with Gasteiger partial charge in [-0.3, -0.25) is 0 Å². The lowest BCUT2D eigenvalue weighted by atomic mass is 9.73. The van der Waals surface area contributed by atoms with Gasteiger partial charge in [-0.25, -0.2) is 0 Å². The molecule has 20 heavy (non-hydrogen) atoms. The van der Waals surface area contributed by atoms with Crippen molar-refractivity contribution < 1.29 is 0 Å². The molecular formula is C18H28N2. The van der Waals surface area contributed by atoms with E-state index < -0.39 is 0 Å². The smallest absolute Gasteiger partial charge is 0.0208 e. The number of benzene rings is 1. The lowest BCUT2D eigenvalue weighted by molar-refractivity contribution is 0.0290. The van der Waals surface area contributed by atoms with Crippen LogP contribution in [-0.4, -0.2) is 30.1 Å². The summed E-state index contributed by atoms with van der Waals surface area (Å²) in [5.74, 6) is 1.71. The zero-order valence-corrected chi connectivity index (χ0v) is 12.9. The van der Waals surface area contributed by atoms with E-state index in [1.165, 1.54) is 37.9 Å². The molecule has 1 saturated heterocycles. The minimum absolute atomic E-state index is 0.702. The van der Waals surface area contributed by atoms with E-state index in [9.17, 15) is 0 Å². The number of nitrogens with one attached hydrogen (secondary N) is 1. The maximum atomic E-state index is 3.87. The van der Waals surface area contributed by atoms with Crippen molar-refractivity contribution in [2.75, 3.05) is 13.1 Å². The van der Waals surface area contributed by atoms with Crippen molar-refractivity contribution in [2.45, 2.75) is 51.7 Å². The summed E-state index contributed by atoms with van der Waals surface area (Å²) in [7, 11) is 0. The van der Waals surface area contributed by atoms with E-state index in [0.717, 1.165) is 24.4 Å². The second-order valence-corrected chi connectivity index (χ2v) is 6.89. The number of fused-ring (bicyclic) bond motifs is 2. The van der Waals surface area contributed by atoms with Crippen LogP contribution in [-0.2, 0) is 6.54 Å². The first-order chi connectivity index (χ1) is 9.74. The van der Waals surface area contributed by atoms with Gasteiger partial charge in [-0.05, 0) is 44.1 Å². The van der Waals surface area contributed by atoms with Crippen LogP contribution in [0.25, 0.3) is 0 Å². The number of piperidine rings is 1. The van der Waals surface area contributed by atoms with Crippen molar-refractivity contribution in [3.63, 3.8) is 0 Å². The summed E-state index contributed by atoms with van der Waals surface area (Å²) >= 11 is 0. The summed E-state index contributed by atoms with van der Waals surface area (Å²) in [5, 5.41) is 3.87. The second-order valence-electron chi connectivity index (χ2n) is 6.89. The highest BCUT2D eigenvalue weighted by molar-refractivity contribution is 5.14. The molecule has 2 bridgehead atoms. The van der Waals surface area contributed by atoms with Crippen LogP contribution in [0.4, 0.5) is 0 Å². The van der Waals surface area contributed by atoms with Crippen molar-refractivity contribution in [2.24, 2.45) is 11.8 Å². The van der Waals surface area contributed by atoms with Crippen LogP contribution in [0.2, 0.25) is 0 Å². The zero-order valence-electron chi connectivity index (χ0n) is 12.9. The Hall–Kier alpha value is -0.860. The Kier molecular flexibility index (Phi) is 4.42. The summed E-state index contributed by atoms with van der Waals surface area (Å²) < 4.78 is 0. The maximum absolute atomic E-state index is 3.87. The van der Waals surface area contributed by atoms with Gasteiger partial charge in [0, 0.05) is 31.7 Å². The fourth-order valence-corrected chi connectivity index (χ4v) is 4.06. The van der Waals surface area contributed by atoms with E-state index in [0.29, 0.717) is 6.04 Å². The summed E-state index contributed by atoms with van der Waals surface area (Å²) in [6.45, 7) is 8.29. The van der Waals surface area contributed by atoms with E-state index in [1.54, 1.807) is 0 Å². The monoisotopic (exact) mass is 272 g/mol. The molecule has 1 heterocycles. The van der Waals surface area contributed by atoms with E-state index in [2.05, 4.69) is 54.4 Å². The molecule has 2 aliphatic rings. The molecule has 1 aromatic carbocycles. The molecule has 0 aromatic heterocycles. The van der Waals surface area contributed by atoms with Gasteiger partial charge in [0.05, 0.1) is 0 Å². The summed E-state index contributed by atoms with van der Waals surface area (Å²) in [6, 6.07) is 12.3. The molecule has 2 unspecified atom stereocenters. The Morgan fingerprint density at radius 3 is 2.35 bits per heavy atom. The Bertz CT molecular complexity index is 401. The number of rotatable bonds is 4. The van der Waals surface area contributed by atoms with Crippen LogP contribution in [0.3, 0.4) is 0 Å².